The number of carbonyl (C=O) groups excluding carboxylic acids is 2. The summed E-state index contributed by atoms with van der Waals surface area (Å²) in [6.45, 7) is 2.06. The number of thioether (sulfide) groups is 1. The molecule has 0 amide bonds. The molecule has 0 heterocycles. The zero-order valence-corrected chi connectivity index (χ0v) is 11.9. The van der Waals surface area contributed by atoms with Crippen molar-refractivity contribution >= 4 is 35.1 Å². The fraction of sp³-hybridized carbons (Fsp3) is 0.385. The van der Waals surface area contributed by atoms with Gasteiger partial charge in [0.05, 0.1) is 12.2 Å². The van der Waals surface area contributed by atoms with E-state index in [-0.39, 0.29) is 18.1 Å². The van der Waals surface area contributed by atoms with Gasteiger partial charge in [0.25, 0.3) is 0 Å². The molecule has 0 aliphatic rings. The van der Waals surface area contributed by atoms with Crippen molar-refractivity contribution in [3.8, 4) is 0 Å². The molecule has 0 saturated heterocycles. The quantitative estimate of drug-likeness (QED) is 0.348. The number of alkyl halides is 1. The van der Waals surface area contributed by atoms with Gasteiger partial charge in [0.1, 0.15) is 0 Å². The third kappa shape index (κ3) is 4.03. The van der Waals surface area contributed by atoms with Crippen molar-refractivity contribution < 1.29 is 14.3 Å². The summed E-state index contributed by atoms with van der Waals surface area (Å²) in [7, 11) is 0. The maximum absolute atomic E-state index is 11.8. The molecular formula is C13H15ClO3S. The number of benzene rings is 1. The predicted molar refractivity (Wildman–Crippen MR) is 73.8 cm³/mol. The highest BCUT2D eigenvalue weighted by atomic mass is 35.5. The largest absolute Gasteiger partial charge is 0.462 e. The first-order valence-corrected chi connectivity index (χ1v) is 7.33. The first-order valence-electron chi connectivity index (χ1n) is 5.57. The Morgan fingerprint density at radius 1 is 1.28 bits per heavy atom. The monoisotopic (exact) mass is 286 g/mol. The minimum Gasteiger partial charge on any atom is -0.462 e. The zero-order chi connectivity index (χ0) is 13.5. The fourth-order valence-electron chi connectivity index (χ4n) is 1.44. The van der Waals surface area contributed by atoms with Crippen molar-refractivity contribution in [1.29, 1.82) is 0 Å². The molecule has 0 aromatic heterocycles. The van der Waals surface area contributed by atoms with Gasteiger partial charge in [0.2, 0.25) is 0 Å². The normalized spacial score (nSPS) is 10.2. The van der Waals surface area contributed by atoms with Gasteiger partial charge >= 0.3 is 5.97 Å². The Labute approximate surface area is 116 Å². The molecule has 3 nitrogen and oxygen atoms in total. The number of halogens is 1. The van der Waals surface area contributed by atoms with E-state index in [0.717, 1.165) is 4.90 Å². The van der Waals surface area contributed by atoms with Crippen LogP contribution in [-0.2, 0) is 4.74 Å². The molecule has 0 unspecified atom stereocenters. The van der Waals surface area contributed by atoms with E-state index in [9.17, 15) is 9.59 Å². The van der Waals surface area contributed by atoms with Gasteiger partial charge in [0, 0.05) is 22.8 Å². The van der Waals surface area contributed by atoms with Gasteiger partial charge in [-0.2, -0.15) is 0 Å². The number of hydrogen-bond acceptors (Lipinski definition) is 4. The van der Waals surface area contributed by atoms with E-state index >= 15 is 0 Å². The Bertz CT molecular complexity index is 410. The number of Topliss-reactive ketones (excluding diaryl/α,β-unsaturated/α-hetero) is 1. The van der Waals surface area contributed by atoms with Crippen LogP contribution in [0.2, 0.25) is 0 Å². The molecule has 0 aliphatic carbocycles. The first kappa shape index (κ1) is 15.1. The lowest BCUT2D eigenvalue weighted by molar-refractivity contribution is 0.0526. The standard InChI is InChI=1S/C13H15ClO3S/c1-3-17-13(16)10-6-9(12(15)4-5-14)7-11(8-10)18-2/h6-8H,3-5H2,1-2H3. The molecular weight excluding hydrogens is 272 g/mol. The average molecular weight is 287 g/mol. The summed E-state index contributed by atoms with van der Waals surface area (Å²) in [6.07, 6.45) is 2.15. The molecule has 0 spiro atoms. The lowest BCUT2D eigenvalue weighted by atomic mass is 10.1. The minimum atomic E-state index is -0.409. The molecule has 1 rings (SSSR count). The maximum Gasteiger partial charge on any atom is 0.338 e. The number of ketones is 1. The lowest BCUT2D eigenvalue weighted by Gasteiger charge is -2.07. The predicted octanol–water partition coefficient (Wildman–Crippen LogP) is 3.40. The van der Waals surface area contributed by atoms with Crippen LogP contribution in [0.15, 0.2) is 23.1 Å². The van der Waals surface area contributed by atoms with Gasteiger partial charge < -0.3 is 4.74 Å². The molecule has 0 radical (unpaired) electrons. The van der Waals surface area contributed by atoms with Crippen LogP contribution in [0.3, 0.4) is 0 Å². The van der Waals surface area contributed by atoms with Crippen molar-refractivity contribution in [2.75, 3.05) is 18.7 Å². The van der Waals surface area contributed by atoms with Crippen LogP contribution in [-0.4, -0.2) is 30.5 Å². The number of rotatable bonds is 6. The lowest BCUT2D eigenvalue weighted by Crippen LogP contribution is -2.08. The van der Waals surface area contributed by atoms with Gasteiger partial charge in [-0.25, -0.2) is 4.79 Å². The van der Waals surface area contributed by atoms with E-state index in [1.807, 2.05) is 6.26 Å². The molecule has 0 atom stereocenters. The van der Waals surface area contributed by atoms with Crippen molar-refractivity contribution in [2.45, 2.75) is 18.2 Å². The Morgan fingerprint density at radius 3 is 2.50 bits per heavy atom. The second-order valence-electron chi connectivity index (χ2n) is 3.53. The SMILES string of the molecule is CCOC(=O)c1cc(SC)cc(C(=O)CCCl)c1. The Kier molecular flexibility index (Phi) is 6.22. The number of carbonyl (C=O) groups is 2. The van der Waals surface area contributed by atoms with Crippen LogP contribution in [0.25, 0.3) is 0 Å². The molecule has 0 fully saturated rings. The Hall–Kier alpha value is -1.00. The summed E-state index contributed by atoms with van der Waals surface area (Å²) in [5.74, 6) is -0.198. The summed E-state index contributed by atoms with van der Waals surface area (Å²) >= 11 is 7.03. The average Bonchev–Trinajstić information content (AvgIpc) is 2.38. The number of esters is 1. The molecule has 98 valence electrons. The third-order valence-corrected chi connectivity index (χ3v) is 3.19. The van der Waals surface area contributed by atoms with E-state index in [1.165, 1.54) is 11.8 Å². The van der Waals surface area contributed by atoms with Gasteiger partial charge in [-0.3, -0.25) is 4.79 Å². The van der Waals surface area contributed by atoms with E-state index in [4.69, 9.17) is 16.3 Å². The molecule has 0 N–H and O–H groups in total. The van der Waals surface area contributed by atoms with E-state index in [0.29, 0.717) is 17.7 Å². The van der Waals surface area contributed by atoms with Crippen molar-refractivity contribution in [2.24, 2.45) is 0 Å². The van der Waals surface area contributed by atoms with Gasteiger partial charge in [-0.1, -0.05) is 0 Å². The molecule has 5 heteroatoms. The minimum absolute atomic E-state index is 0.0635. The van der Waals surface area contributed by atoms with Crippen LogP contribution < -0.4 is 0 Å². The first-order chi connectivity index (χ1) is 8.62. The fourth-order valence-corrected chi connectivity index (χ4v) is 2.10. The highest BCUT2D eigenvalue weighted by Gasteiger charge is 2.13. The van der Waals surface area contributed by atoms with Crippen molar-refractivity contribution in [1.82, 2.24) is 0 Å². The highest BCUT2D eigenvalue weighted by Crippen LogP contribution is 2.21. The van der Waals surface area contributed by atoms with Crippen molar-refractivity contribution in [3.05, 3.63) is 29.3 Å². The second kappa shape index (κ2) is 7.44. The highest BCUT2D eigenvalue weighted by molar-refractivity contribution is 7.98. The molecule has 0 bridgehead atoms. The summed E-state index contributed by atoms with van der Waals surface area (Å²) in [6, 6.07) is 5.05. The summed E-state index contributed by atoms with van der Waals surface area (Å²) in [4.78, 5) is 24.3. The van der Waals surface area contributed by atoms with E-state index < -0.39 is 5.97 Å². The number of hydrogen-bond donors (Lipinski definition) is 0. The van der Waals surface area contributed by atoms with Crippen LogP contribution in [0, 0.1) is 0 Å². The van der Waals surface area contributed by atoms with Crippen molar-refractivity contribution in [3.63, 3.8) is 0 Å². The summed E-state index contributed by atoms with van der Waals surface area (Å²) in [5.41, 5.74) is 0.909. The van der Waals surface area contributed by atoms with Gasteiger partial charge in [-0.05, 0) is 31.4 Å². The third-order valence-electron chi connectivity index (χ3n) is 2.30. The van der Waals surface area contributed by atoms with E-state index in [2.05, 4.69) is 0 Å². The Balaban J connectivity index is 3.08. The van der Waals surface area contributed by atoms with E-state index in [1.54, 1.807) is 25.1 Å². The Morgan fingerprint density at radius 2 is 1.94 bits per heavy atom. The van der Waals surface area contributed by atoms with Crippen LogP contribution >= 0.6 is 23.4 Å². The number of ether oxygens (including phenoxy) is 1. The van der Waals surface area contributed by atoms with Crippen LogP contribution in [0.4, 0.5) is 0 Å². The molecule has 0 aliphatic heterocycles. The topological polar surface area (TPSA) is 43.4 Å². The molecule has 1 aromatic carbocycles. The zero-order valence-electron chi connectivity index (χ0n) is 10.4. The van der Waals surface area contributed by atoms with Gasteiger partial charge in [0.15, 0.2) is 5.78 Å². The maximum atomic E-state index is 11.8. The molecule has 18 heavy (non-hydrogen) atoms. The summed E-state index contributed by atoms with van der Waals surface area (Å²) < 4.78 is 4.94. The smallest absolute Gasteiger partial charge is 0.338 e. The van der Waals surface area contributed by atoms with Crippen LogP contribution in [0.5, 0.6) is 0 Å². The summed E-state index contributed by atoms with van der Waals surface area (Å²) in [5, 5.41) is 0. The molecule has 1 aromatic rings. The second-order valence-corrected chi connectivity index (χ2v) is 4.79. The van der Waals surface area contributed by atoms with Gasteiger partial charge in [-0.15, -0.1) is 23.4 Å². The van der Waals surface area contributed by atoms with Crippen LogP contribution in [0.1, 0.15) is 34.1 Å². The molecule has 0 saturated carbocycles.